The minimum Gasteiger partial charge on any atom is -0.507 e. The first kappa shape index (κ1) is 35.4. The standard InChI is InChI=1S/C36H60N2O5/c1-12-13-14-15-36(18-26-16-24(2)30(40)25(3)17-26,31(41)43-28-21-34(8,9)38-35(10,11)22-28)23-29(39)42-27-19-32(4,5)37-33(6,7)20-27/h16-17,27-28,37-38,40H,12-15,18-23H2,1-11H3. The Morgan fingerprint density at radius 1 is 0.814 bits per heavy atom. The summed E-state index contributed by atoms with van der Waals surface area (Å²) in [4.78, 5) is 28.4. The van der Waals surface area contributed by atoms with Gasteiger partial charge in [0.2, 0.25) is 0 Å². The highest BCUT2D eigenvalue weighted by atomic mass is 16.6. The number of ether oxygens (including phenoxy) is 2. The summed E-state index contributed by atoms with van der Waals surface area (Å²) in [5.74, 6) is -0.392. The van der Waals surface area contributed by atoms with Crippen LogP contribution in [0.3, 0.4) is 0 Å². The average molecular weight is 601 g/mol. The van der Waals surface area contributed by atoms with E-state index in [1.165, 1.54) is 0 Å². The number of phenols is 1. The topological polar surface area (TPSA) is 96.9 Å². The van der Waals surface area contributed by atoms with Crippen LogP contribution in [0.2, 0.25) is 0 Å². The van der Waals surface area contributed by atoms with Crippen LogP contribution in [0.1, 0.15) is 137 Å². The van der Waals surface area contributed by atoms with Crippen molar-refractivity contribution in [1.29, 1.82) is 0 Å². The molecule has 3 N–H and O–H groups in total. The van der Waals surface area contributed by atoms with Crippen LogP contribution in [0, 0.1) is 19.3 Å². The van der Waals surface area contributed by atoms with Crippen molar-refractivity contribution in [3.05, 3.63) is 28.8 Å². The third kappa shape index (κ3) is 9.94. The molecule has 1 unspecified atom stereocenters. The minimum atomic E-state index is -1.07. The summed E-state index contributed by atoms with van der Waals surface area (Å²) >= 11 is 0. The highest BCUT2D eigenvalue weighted by Crippen LogP contribution is 2.40. The van der Waals surface area contributed by atoms with Crippen molar-refractivity contribution in [2.24, 2.45) is 5.41 Å². The van der Waals surface area contributed by atoms with Gasteiger partial charge in [0.1, 0.15) is 18.0 Å². The van der Waals surface area contributed by atoms with Crippen LogP contribution in [0.4, 0.5) is 0 Å². The van der Waals surface area contributed by atoms with E-state index in [0.29, 0.717) is 38.5 Å². The van der Waals surface area contributed by atoms with Gasteiger partial charge >= 0.3 is 11.9 Å². The van der Waals surface area contributed by atoms with E-state index in [0.717, 1.165) is 36.0 Å². The predicted molar refractivity (Wildman–Crippen MR) is 173 cm³/mol. The smallest absolute Gasteiger partial charge is 0.313 e. The second kappa shape index (κ2) is 13.1. The van der Waals surface area contributed by atoms with Gasteiger partial charge in [-0.3, -0.25) is 9.59 Å². The summed E-state index contributed by atoms with van der Waals surface area (Å²) < 4.78 is 12.6. The maximum Gasteiger partial charge on any atom is 0.313 e. The van der Waals surface area contributed by atoms with E-state index in [1.807, 2.05) is 26.0 Å². The number of esters is 2. The van der Waals surface area contributed by atoms with E-state index in [9.17, 15) is 14.7 Å². The first-order chi connectivity index (χ1) is 19.7. The van der Waals surface area contributed by atoms with Crippen molar-refractivity contribution in [3.63, 3.8) is 0 Å². The van der Waals surface area contributed by atoms with Crippen molar-refractivity contribution in [2.75, 3.05) is 0 Å². The van der Waals surface area contributed by atoms with Gasteiger partial charge in [0.15, 0.2) is 0 Å². The summed E-state index contributed by atoms with van der Waals surface area (Å²) in [6, 6.07) is 3.87. The van der Waals surface area contributed by atoms with Crippen LogP contribution in [0.15, 0.2) is 12.1 Å². The van der Waals surface area contributed by atoms with E-state index in [-0.39, 0.29) is 58.5 Å². The molecule has 244 valence electrons. The molecule has 3 rings (SSSR count). The van der Waals surface area contributed by atoms with Gasteiger partial charge < -0.3 is 25.2 Å². The monoisotopic (exact) mass is 600 g/mol. The number of carbonyl (C=O) groups excluding carboxylic acids is 2. The molecule has 0 spiro atoms. The zero-order valence-electron chi connectivity index (χ0n) is 29.0. The quantitative estimate of drug-likeness (QED) is 0.182. The summed E-state index contributed by atoms with van der Waals surface area (Å²) in [5.41, 5.74) is 0.665. The Morgan fingerprint density at radius 3 is 1.70 bits per heavy atom. The molecule has 0 bridgehead atoms. The number of unbranched alkanes of at least 4 members (excludes halogenated alkanes) is 2. The third-order valence-corrected chi connectivity index (χ3v) is 9.15. The first-order valence-corrected chi connectivity index (χ1v) is 16.4. The summed E-state index contributed by atoms with van der Waals surface area (Å²) in [7, 11) is 0. The summed E-state index contributed by atoms with van der Waals surface area (Å²) in [6.45, 7) is 23.0. The van der Waals surface area contributed by atoms with E-state index in [4.69, 9.17) is 9.47 Å². The van der Waals surface area contributed by atoms with Crippen molar-refractivity contribution < 1.29 is 24.2 Å². The van der Waals surface area contributed by atoms with Gasteiger partial charge in [0, 0.05) is 47.8 Å². The molecule has 2 aliphatic heterocycles. The Kier molecular flexibility index (Phi) is 10.8. The third-order valence-electron chi connectivity index (χ3n) is 9.15. The molecule has 7 nitrogen and oxygen atoms in total. The number of aryl methyl sites for hydroxylation is 2. The molecule has 0 radical (unpaired) electrons. The van der Waals surface area contributed by atoms with Gasteiger partial charge in [0.25, 0.3) is 0 Å². The van der Waals surface area contributed by atoms with E-state index in [1.54, 1.807) is 0 Å². The van der Waals surface area contributed by atoms with Crippen LogP contribution in [-0.2, 0) is 25.5 Å². The van der Waals surface area contributed by atoms with Crippen molar-refractivity contribution in [2.45, 2.75) is 175 Å². The number of phenolic OH excluding ortho intramolecular Hbond substituents is 1. The van der Waals surface area contributed by atoms with E-state index < -0.39 is 5.41 Å². The number of nitrogens with one attached hydrogen (secondary N) is 2. The molecule has 0 aliphatic carbocycles. The molecule has 1 aromatic carbocycles. The molecule has 1 atom stereocenters. The molecular formula is C36H60N2O5. The van der Waals surface area contributed by atoms with Crippen molar-refractivity contribution in [1.82, 2.24) is 10.6 Å². The van der Waals surface area contributed by atoms with Gasteiger partial charge in [-0.15, -0.1) is 0 Å². The Morgan fingerprint density at radius 2 is 1.26 bits per heavy atom. The fourth-order valence-electron chi connectivity index (χ4n) is 8.14. The summed E-state index contributed by atoms with van der Waals surface area (Å²) in [6.07, 6.45) is 5.98. The molecule has 2 saturated heterocycles. The number of hydrogen-bond donors (Lipinski definition) is 3. The van der Waals surface area contributed by atoms with Gasteiger partial charge in [-0.2, -0.15) is 0 Å². The number of rotatable bonds is 11. The highest BCUT2D eigenvalue weighted by Gasteiger charge is 2.47. The Bertz CT molecular complexity index is 1100. The normalized spacial score (nSPS) is 22.9. The SMILES string of the molecule is CCCCCC(CC(=O)OC1CC(C)(C)NC(C)(C)C1)(Cc1cc(C)c(O)c(C)c1)C(=O)OC1CC(C)(C)NC(C)(C)C1. The van der Waals surface area contributed by atoms with Crippen LogP contribution < -0.4 is 10.6 Å². The lowest BCUT2D eigenvalue weighted by molar-refractivity contribution is -0.174. The maximum atomic E-state index is 14.5. The lowest BCUT2D eigenvalue weighted by Crippen LogP contribution is -2.60. The van der Waals surface area contributed by atoms with E-state index >= 15 is 0 Å². The molecule has 7 heteroatoms. The lowest BCUT2D eigenvalue weighted by Gasteiger charge is -2.47. The molecule has 2 fully saturated rings. The second-order valence-electron chi connectivity index (χ2n) is 16.4. The summed E-state index contributed by atoms with van der Waals surface area (Å²) in [5, 5.41) is 17.8. The average Bonchev–Trinajstić information content (AvgIpc) is 2.78. The number of piperidine rings is 2. The molecule has 0 aromatic heterocycles. The first-order valence-electron chi connectivity index (χ1n) is 16.4. The molecule has 43 heavy (non-hydrogen) atoms. The molecule has 2 heterocycles. The van der Waals surface area contributed by atoms with E-state index in [2.05, 4.69) is 72.9 Å². The highest BCUT2D eigenvalue weighted by molar-refractivity contribution is 5.84. The zero-order valence-corrected chi connectivity index (χ0v) is 29.0. The maximum absolute atomic E-state index is 14.5. The van der Waals surface area contributed by atoms with Crippen LogP contribution in [-0.4, -0.2) is 51.4 Å². The fourth-order valence-corrected chi connectivity index (χ4v) is 8.14. The largest absolute Gasteiger partial charge is 0.507 e. The fraction of sp³-hybridized carbons (Fsp3) is 0.778. The number of aromatic hydroxyl groups is 1. The zero-order chi connectivity index (χ0) is 32.4. The van der Waals surface area contributed by atoms with Gasteiger partial charge in [-0.1, -0.05) is 38.3 Å². The number of hydrogen-bond acceptors (Lipinski definition) is 7. The van der Waals surface area contributed by atoms with Gasteiger partial charge in [-0.05, 0) is 98.8 Å². The number of carbonyl (C=O) groups is 2. The number of benzene rings is 1. The van der Waals surface area contributed by atoms with Crippen LogP contribution in [0.5, 0.6) is 5.75 Å². The van der Waals surface area contributed by atoms with Gasteiger partial charge in [-0.25, -0.2) is 0 Å². The van der Waals surface area contributed by atoms with Crippen LogP contribution in [0.25, 0.3) is 0 Å². The lowest BCUT2D eigenvalue weighted by atomic mass is 9.73. The van der Waals surface area contributed by atoms with Crippen LogP contribution >= 0.6 is 0 Å². The van der Waals surface area contributed by atoms with Crippen molar-refractivity contribution >= 4 is 11.9 Å². The molecule has 0 amide bonds. The van der Waals surface area contributed by atoms with Gasteiger partial charge in [0.05, 0.1) is 11.8 Å². The molecule has 1 aromatic rings. The Balaban J connectivity index is 1.97. The Labute approximate surface area is 261 Å². The molecule has 2 aliphatic rings. The predicted octanol–water partition coefficient (Wildman–Crippen LogP) is 7.21. The van der Waals surface area contributed by atoms with Crippen molar-refractivity contribution in [3.8, 4) is 5.75 Å². The minimum absolute atomic E-state index is 0.0307. The Hall–Kier alpha value is -2.12. The molecular weight excluding hydrogens is 540 g/mol. The molecule has 0 saturated carbocycles. The second-order valence-corrected chi connectivity index (χ2v) is 16.4.